The summed E-state index contributed by atoms with van der Waals surface area (Å²) in [5.74, 6) is 0. The molecule has 1 N–H and O–H groups in total. The van der Waals surface area contributed by atoms with Crippen LogP contribution in [0.2, 0.25) is 5.15 Å². The molecule has 1 aliphatic rings. The molecule has 0 aromatic carbocycles. The number of hydrogen-bond acceptors (Lipinski definition) is 4. The number of aryl methyl sites for hydroxylation is 1. The molecule has 2 rings (SSSR count). The second-order valence-electron chi connectivity index (χ2n) is 3.70. The number of piperidine rings is 1. The molecule has 0 spiro atoms. The molecule has 0 bridgehead atoms. The molecule has 15 heavy (non-hydrogen) atoms. The van der Waals surface area contributed by atoms with Crippen LogP contribution in [0.15, 0.2) is 11.2 Å². The van der Waals surface area contributed by atoms with Gasteiger partial charge >= 0.3 is 0 Å². The highest BCUT2D eigenvalue weighted by Crippen LogP contribution is 2.25. The van der Waals surface area contributed by atoms with Crippen molar-refractivity contribution in [1.29, 1.82) is 0 Å². The van der Waals surface area contributed by atoms with Gasteiger partial charge < -0.3 is 5.32 Å². The van der Waals surface area contributed by atoms with Gasteiger partial charge in [0.15, 0.2) is 5.16 Å². The van der Waals surface area contributed by atoms with Crippen LogP contribution in [-0.4, -0.2) is 28.3 Å². The summed E-state index contributed by atoms with van der Waals surface area (Å²) in [5, 5.41) is 5.29. The lowest BCUT2D eigenvalue weighted by molar-refractivity contribution is 0.530. The molecular weight excluding hydrogens is 230 g/mol. The summed E-state index contributed by atoms with van der Waals surface area (Å²) >= 11 is 7.61. The van der Waals surface area contributed by atoms with Crippen LogP contribution >= 0.6 is 23.4 Å². The van der Waals surface area contributed by atoms with Crippen LogP contribution in [0.5, 0.6) is 0 Å². The molecule has 1 fully saturated rings. The molecule has 1 atom stereocenters. The first kappa shape index (κ1) is 11.2. The van der Waals surface area contributed by atoms with Gasteiger partial charge in [-0.25, -0.2) is 9.97 Å². The second kappa shape index (κ2) is 5.14. The normalized spacial score (nSPS) is 21.6. The standard InChI is InChI=1S/C10H14ClN3S/c1-7-5-9(11)14-10(13-7)15-8-3-2-4-12-6-8/h5,8,12H,2-4,6H2,1H3/t8-/m0/s1. The number of nitrogens with one attached hydrogen (secondary N) is 1. The average Bonchev–Trinajstić information content (AvgIpc) is 2.17. The highest BCUT2D eigenvalue weighted by Gasteiger charge is 2.15. The Labute approximate surface area is 99.0 Å². The summed E-state index contributed by atoms with van der Waals surface area (Å²) in [7, 11) is 0. The first-order valence-electron chi connectivity index (χ1n) is 5.12. The summed E-state index contributed by atoms with van der Waals surface area (Å²) in [5.41, 5.74) is 0.932. The molecule has 3 nitrogen and oxygen atoms in total. The number of halogens is 1. The maximum Gasteiger partial charge on any atom is 0.189 e. The van der Waals surface area contributed by atoms with Gasteiger partial charge in [-0.2, -0.15) is 0 Å². The Kier molecular flexibility index (Phi) is 3.83. The Morgan fingerprint density at radius 1 is 1.53 bits per heavy atom. The monoisotopic (exact) mass is 243 g/mol. The minimum Gasteiger partial charge on any atom is -0.316 e. The summed E-state index contributed by atoms with van der Waals surface area (Å²) < 4.78 is 0. The van der Waals surface area contributed by atoms with Crippen molar-refractivity contribution < 1.29 is 0 Å². The fraction of sp³-hybridized carbons (Fsp3) is 0.600. The van der Waals surface area contributed by atoms with Crippen LogP contribution in [0.4, 0.5) is 0 Å². The Balaban J connectivity index is 2.02. The van der Waals surface area contributed by atoms with Gasteiger partial charge in [0.25, 0.3) is 0 Å². The van der Waals surface area contributed by atoms with Gasteiger partial charge in [-0.3, -0.25) is 0 Å². The van der Waals surface area contributed by atoms with Gasteiger partial charge in [0.05, 0.1) is 0 Å². The van der Waals surface area contributed by atoms with Crippen molar-refractivity contribution in [2.75, 3.05) is 13.1 Å². The molecule has 0 unspecified atom stereocenters. The molecule has 1 aromatic heterocycles. The number of nitrogens with zero attached hydrogens (tertiary/aromatic N) is 2. The molecule has 0 aliphatic carbocycles. The zero-order chi connectivity index (χ0) is 10.7. The third-order valence-corrected chi connectivity index (χ3v) is 3.65. The molecular formula is C10H14ClN3S. The molecule has 82 valence electrons. The van der Waals surface area contributed by atoms with Gasteiger partial charge in [0, 0.05) is 17.5 Å². The summed E-state index contributed by atoms with van der Waals surface area (Å²) in [6.45, 7) is 4.11. The fourth-order valence-corrected chi connectivity index (χ4v) is 3.05. The van der Waals surface area contributed by atoms with E-state index in [-0.39, 0.29) is 0 Å². The smallest absolute Gasteiger partial charge is 0.189 e. The number of thioether (sulfide) groups is 1. The first-order chi connectivity index (χ1) is 7.24. The van der Waals surface area contributed by atoms with E-state index in [1.54, 1.807) is 17.8 Å². The van der Waals surface area contributed by atoms with Crippen LogP contribution in [-0.2, 0) is 0 Å². The van der Waals surface area contributed by atoms with Gasteiger partial charge in [0.1, 0.15) is 5.15 Å². The molecule has 5 heteroatoms. The zero-order valence-electron chi connectivity index (χ0n) is 8.66. The van der Waals surface area contributed by atoms with Crippen molar-refractivity contribution in [2.24, 2.45) is 0 Å². The lowest BCUT2D eigenvalue weighted by Crippen LogP contribution is -2.31. The summed E-state index contributed by atoms with van der Waals surface area (Å²) in [6, 6.07) is 1.78. The molecule has 0 radical (unpaired) electrons. The number of hydrogen-bond donors (Lipinski definition) is 1. The van der Waals surface area contributed by atoms with Crippen molar-refractivity contribution in [3.05, 3.63) is 16.9 Å². The SMILES string of the molecule is Cc1cc(Cl)nc(S[C@H]2CCCNC2)n1. The van der Waals surface area contributed by atoms with Crippen molar-refractivity contribution in [1.82, 2.24) is 15.3 Å². The number of aromatic nitrogens is 2. The quantitative estimate of drug-likeness (QED) is 0.639. The molecule has 2 heterocycles. The fourth-order valence-electron chi connectivity index (χ4n) is 1.63. The van der Waals surface area contributed by atoms with Crippen LogP contribution in [0.25, 0.3) is 0 Å². The van der Waals surface area contributed by atoms with E-state index in [1.807, 2.05) is 6.92 Å². The van der Waals surface area contributed by atoms with E-state index in [0.717, 1.165) is 23.9 Å². The second-order valence-corrected chi connectivity index (χ2v) is 5.36. The van der Waals surface area contributed by atoms with Crippen LogP contribution in [0.3, 0.4) is 0 Å². The maximum absolute atomic E-state index is 5.89. The minimum absolute atomic E-state index is 0.536. The van der Waals surface area contributed by atoms with E-state index in [2.05, 4.69) is 15.3 Å². The van der Waals surface area contributed by atoms with E-state index in [9.17, 15) is 0 Å². The van der Waals surface area contributed by atoms with E-state index in [0.29, 0.717) is 10.4 Å². The van der Waals surface area contributed by atoms with Gasteiger partial charge in [0.2, 0.25) is 0 Å². The predicted octanol–water partition coefficient (Wildman–Crippen LogP) is 2.28. The molecule has 0 saturated carbocycles. The minimum atomic E-state index is 0.536. The summed E-state index contributed by atoms with van der Waals surface area (Å²) in [6.07, 6.45) is 2.46. The maximum atomic E-state index is 5.89. The van der Waals surface area contributed by atoms with Crippen molar-refractivity contribution in [2.45, 2.75) is 30.2 Å². The van der Waals surface area contributed by atoms with E-state index in [4.69, 9.17) is 11.6 Å². The molecule has 1 aliphatic heterocycles. The van der Waals surface area contributed by atoms with Gasteiger partial charge in [-0.1, -0.05) is 23.4 Å². The third kappa shape index (κ3) is 3.33. The Bertz CT molecular complexity index is 319. The van der Waals surface area contributed by atoms with E-state index in [1.165, 1.54) is 12.8 Å². The Hall–Kier alpha value is -0.320. The van der Waals surface area contributed by atoms with Crippen LogP contribution in [0.1, 0.15) is 18.5 Å². The van der Waals surface area contributed by atoms with Crippen molar-refractivity contribution in [3.8, 4) is 0 Å². The number of rotatable bonds is 2. The first-order valence-corrected chi connectivity index (χ1v) is 6.38. The topological polar surface area (TPSA) is 37.8 Å². The van der Waals surface area contributed by atoms with Gasteiger partial charge in [-0.05, 0) is 32.4 Å². The lowest BCUT2D eigenvalue weighted by Gasteiger charge is -2.21. The van der Waals surface area contributed by atoms with E-state index >= 15 is 0 Å². The highest BCUT2D eigenvalue weighted by atomic mass is 35.5. The molecule has 0 amide bonds. The van der Waals surface area contributed by atoms with Gasteiger partial charge in [-0.15, -0.1) is 0 Å². The third-order valence-electron chi connectivity index (χ3n) is 2.33. The van der Waals surface area contributed by atoms with Crippen molar-refractivity contribution >= 4 is 23.4 Å². The highest BCUT2D eigenvalue weighted by molar-refractivity contribution is 7.99. The van der Waals surface area contributed by atoms with Crippen molar-refractivity contribution in [3.63, 3.8) is 0 Å². The molecule has 1 aromatic rings. The van der Waals surface area contributed by atoms with Crippen LogP contribution in [0, 0.1) is 6.92 Å². The zero-order valence-corrected chi connectivity index (χ0v) is 10.2. The molecule has 1 saturated heterocycles. The predicted molar refractivity (Wildman–Crippen MR) is 63.5 cm³/mol. The Morgan fingerprint density at radius 2 is 2.40 bits per heavy atom. The largest absolute Gasteiger partial charge is 0.316 e. The lowest BCUT2D eigenvalue weighted by atomic mass is 10.2. The van der Waals surface area contributed by atoms with E-state index < -0.39 is 0 Å². The average molecular weight is 244 g/mol. The summed E-state index contributed by atoms with van der Waals surface area (Å²) in [4.78, 5) is 8.59. The van der Waals surface area contributed by atoms with Crippen LogP contribution < -0.4 is 5.32 Å². The Morgan fingerprint density at radius 3 is 3.07 bits per heavy atom.